The zero-order valence-electron chi connectivity index (χ0n) is 15.3. The Hall–Kier alpha value is -3.92. The van der Waals surface area contributed by atoms with Crippen LogP contribution in [0, 0.1) is 20.2 Å². The Labute approximate surface area is 172 Å². The summed E-state index contributed by atoms with van der Waals surface area (Å²) in [5.74, 6) is -1.26. The van der Waals surface area contributed by atoms with Crippen LogP contribution in [0.3, 0.4) is 0 Å². The number of nitro benzene ring substituents is 2. The van der Waals surface area contributed by atoms with Crippen molar-refractivity contribution < 1.29 is 23.6 Å². The van der Waals surface area contributed by atoms with E-state index in [1.165, 1.54) is 0 Å². The molecule has 0 bridgehead atoms. The third-order valence-corrected chi connectivity index (χ3v) is 5.37. The Bertz CT molecular complexity index is 1130. The summed E-state index contributed by atoms with van der Waals surface area (Å²) in [7, 11) is -2.11. The lowest BCUT2D eigenvalue weighted by Gasteiger charge is -2.07. The normalized spacial score (nSPS) is 11.5. The minimum absolute atomic E-state index is 0.231. The summed E-state index contributed by atoms with van der Waals surface area (Å²) in [6.07, 6.45) is 0. The van der Waals surface area contributed by atoms with E-state index in [0.29, 0.717) is 6.07 Å². The van der Waals surface area contributed by atoms with E-state index in [4.69, 9.17) is 4.74 Å². The number of carbonyl (C=O) groups is 1. The van der Waals surface area contributed by atoms with Gasteiger partial charge in [0.25, 0.3) is 11.4 Å². The van der Waals surface area contributed by atoms with E-state index >= 15 is 0 Å². The fourth-order valence-corrected chi connectivity index (χ4v) is 3.66. The SMILES string of the molecule is O=C(CS(=O)c1ccc([N+](=O)[O-])cc1[N+](=O)[O-])Oc1ccc(-c2ccccc2)cc1. The van der Waals surface area contributed by atoms with Crippen LogP contribution >= 0.6 is 0 Å². The van der Waals surface area contributed by atoms with Crippen LogP contribution in [-0.4, -0.2) is 25.8 Å². The maximum absolute atomic E-state index is 12.4. The molecule has 3 aromatic rings. The minimum atomic E-state index is -2.11. The van der Waals surface area contributed by atoms with Gasteiger partial charge in [0.1, 0.15) is 16.4 Å². The Balaban J connectivity index is 1.70. The summed E-state index contributed by atoms with van der Waals surface area (Å²) in [5.41, 5.74) is 0.702. The highest BCUT2D eigenvalue weighted by Gasteiger charge is 2.25. The molecule has 0 N–H and O–H groups in total. The molecule has 0 fully saturated rings. The predicted molar refractivity (Wildman–Crippen MR) is 109 cm³/mol. The standard InChI is InChI=1S/C20H14N2O7S/c23-20(29-17-9-6-15(7-10-17)14-4-2-1-3-5-14)13-30(28)19-11-8-16(21(24)25)12-18(19)22(26)27/h1-12H,13H2. The first-order chi connectivity index (χ1) is 14.3. The van der Waals surface area contributed by atoms with Crippen molar-refractivity contribution in [3.05, 3.63) is 93.0 Å². The van der Waals surface area contributed by atoms with Crippen LogP contribution in [0.5, 0.6) is 5.75 Å². The molecule has 152 valence electrons. The summed E-state index contributed by atoms with van der Waals surface area (Å²) >= 11 is 0. The summed E-state index contributed by atoms with van der Waals surface area (Å²) < 4.78 is 17.6. The Kier molecular flexibility index (Phi) is 6.28. The number of rotatable bonds is 7. The molecular formula is C20H14N2O7S. The van der Waals surface area contributed by atoms with Crippen molar-refractivity contribution in [1.29, 1.82) is 0 Å². The van der Waals surface area contributed by atoms with Gasteiger partial charge in [-0.25, -0.2) is 0 Å². The number of non-ortho nitro benzene ring substituents is 1. The fraction of sp³-hybridized carbons (Fsp3) is 0.0500. The highest BCUT2D eigenvalue weighted by atomic mass is 32.2. The van der Waals surface area contributed by atoms with Crippen LogP contribution in [0.2, 0.25) is 0 Å². The second kappa shape index (κ2) is 9.05. The van der Waals surface area contributed by atoms with Crippen LogP contribution < -0.4 is 4.74 Å². The van der Waals surface area contributed by atoms with Gasteiger partial charge in [-0.1, -0.05) is 42.5 Å². The van der Waals surface area contributed by atoms with Crippen LogP contribution in [0.4, 0.5) is 11.4 Å². The van der Waals surface area contributed by atoms with E-state index in [-0.39, 0.29) is 10.6 Å². The summed E-state index contributed by atoms with van der Waals surface area (Å²) in [6.45, 7) is 0. The number of hydrogen-bond donors (Lipinski definition) is 0. The van der Waals surface area contributed by atoms with Crippen molar-refractivity contribution in [2.45, 2.75) is 4.90 Å². The highest BCUT2D eigenvalue weighted by Crippen LogP contribution is 2.28. The number of carbonyl (C=O) groups excluding carboxylic acids is 1. The smallest absolute Gasteiger partial charge is 0.324 e. The number of nitrogens with zero attached hydrogens (tertiary/aromatic N) is 2. The zero-order valence-corrected chi connectivity index (χ0v) is 16.1. The van der Waals surface area contributed by atoms with E-state index in [1.807, 2.05) is 30.3 Å². The van der Waals surface area contributed by atoms with Crippen LogP contribution in [0.15, 0.2) is 77.7 Å². The first-order valence-electron chi connectivity index (χ1n) is 8.52. The van der Waals surface area contributed by atoms with Crippen molar-refractivity contribution in [3.63, 3.8) is 0 Å². The number of esters is 1. The van der Waals surface area contributed by atoms with Gasteiger partial charge >= 0.3 is 5.97 Å². The van der Waals surface area contributed by atoms with Gasteiger partial charge in [-0.3, -0.25) is 29.2 Å². The number of hydrogen-bond acceptors (Lipinski definition) is 7. The third kappa shape index (κ3) is 4.92. The maximum atomic E-state index is 12.4. The average Bonchev–Trinajstić information content (AvgIpc) is 2.74. The monoisotopic (exact) mass is 426 g/mol. The molecule has 0 saturated heterocycles. The molecule has 0 aromatic heterocycles. The van der Waals surface area contributed by atoms with Gasteiger partial charge < -0.3 is 4.74 Å². The van der Waals surface area contributed by atoms with E-state index in [2.05, 4.69) is 0 Å². The second-order valence-electron chi connectivity index (χ2n) is 6.02. The molecule has 1 atom stereocenters. The van der Waals surface area contributed by atoms with E-state index in [1.54, 1.807) is 24.3 Å². The first-order valence-corrected chi connectivity index (χ1v) is 9.84. The molecule has 0 amide bonds. The Morgan fingerprint density at radius 2 is 1.50 bits per heavy atom. The first kappa shape index (κ1) is 20.8. The van der Waals surface area contributed by atoms with Gasteiger partial charge in [0.15, 0.2) is 0 Å². The largest absolute Gasteiger partial charge is 0.426 e. The molecular weight excluding hydrogens is 412 g/mol. The summed E-state index contributed by atoms with van der Waals surface area (Å²) in [4.78, 5) is 32.1. The summed E-state index contributed by atoms with van der Waals surface area (Å²) in [6, 6.07) is 19.0. The molecule has 0 saturated carbocycles. The molecule has 1 unspecified atom stereocenters. The zero-order chi connectivity index (χ0) is 21.7. The third-order valence-electron chi connectivity index (χ3n) is 4.04. The van der Waals surface area contributed by atoms with Gasteiger partial charge in [0, 0.05) is 6.07 Å². The lowest BCUT2D eigenvalue weighted by Crippen LogP contribution is -2.17. The van der Waals surface area contributed by atoms with Gasteiger partial charge in [0.2, 0.25) is 0 Å². The highest BCUT2D eigenvalue weighted by molar-refractivity contribution is 7.86. The molecule has 0 aliphatic rings. The lowest BCUT2D eigenvalue weighted by molar-refractivity contribution is -0.396. The van der Waals surface area contributed by atoms with Gasteiger partial charge in [0.05, 0.1) is 26.7 Å². The summed E-state index contributed by atoms with van der Waals surface area (Å²) in [5, 5.41) is 21.9. The van der Waals surface area contributed by atoms with E-state index in [0.717, 1.165) is 23.3 Å². The Morgan fingerprint density at radius 3 is 2.10 bits per heavy atom. The average molecular weight is 426 g/mol. The maximum Gasteiger partial charge on any atom is 0.324 e. The molecule has 0 heterocycles. The molecule has 3 rings (SSSR count). The van der Waals surface area contributed by atoms with E-state index < -0.39 is 43.7 Å². The molecule has 0 radical (unpaired) electrons. The predicted octanol–water partition coefficient (Wildman–Crippen LogP) is 3.88. The van der Waals surface area contributed by atoms with Gasteiger partial charge in [-0.15, -0.1) is 0 Å². The number of nitro groups is 2. The molecule has 0 aliphatic carbocycles. The topological polar surface area (TPSA) is 130 Å². The van der Waals surface area contributed by atoms with Crippen molar-refractivity contribution in [1.82, 2.24) is 0 Å². The van der Waals surface area contributed by atoms with Crippen LogP contribution in [-0.2, 0) is 15.6 Å². The van der Waals surface area contributed by atoms with Crippen LogP contribution in [0.1, 0.15) is 0 Å². The van der Waals surface area contributed by atoms with Crippen molar-refractivity contribution >= 4 is 28.1 Å². The van der Waals surface area contributed by atoms with Crippen molar-refractivity contribution in [2.75, 3.05) is 5.75 Å². The number of ether oxygens (including phenoxy) is 1. The molecule has 9 nitrogen and oxygen atoms in total. The van der Waals surface area contributed by atoms with Crippen molar-refractivity contribution in [2.24, 2.45) is 0 Å². The Morgan fingerprint density at radius 1 is 0.867 bits per heavy atom. The van der Waals surface area contributed by atoms with Crippen LogP contribution in [0.25, 0.3) is 11.1 Å². The number of benzene rings is 3. The quantitative estimate of drug-likeness (QED) is 0.242. The molecule has 0 spiro atoms. The molecule has 30 heavy (non-hydrogen) atoms. The van der Waals surface area contributed by atoms with Crippen molar-refractivity contribution in [3.8, 4) is 16.9 Å². The minimum Gasteiger partial charge on any atom is -0.426 e. The fourth-order valence-electron chi connectivity index (χ4n) is 2.65. The van der Waals surface area contributed by atoms with Gasteiger partial charge in [-0.05, 0) is 29.3 Å². The second-order valence-corrected chi connectivity index (χ2v) is 7.44. The lowest BCUT2D eigenvalue weighted by atomic mass is 10.1. The molecule has 10 heteroatoms. The molecule has 3 aromatic carbocycles. The van der Waals surface area contributed by atoms with Gasteiger partial charge in [-0.2, -0.15) is 0 Å². The van der Waals surface area contributed by atoms with E-state index in [9.17, 15) is 29.2 Å². The molecule has 0 aliphatic heterocycles.